The minimum atomic E-state index is 0.584. The van der Waals surface area contributed by atoms with E-state index in [0.29, 0.717) is 5.92 Å². The molecule has 1 nitrogen and oxygen atoms in total. The van der Waals surface area contributed by atoms with Crippen molar-refractivity contribution in [3.63, 3.8) is 0 Å². The lowest BCUT2D eigenvalue weighted by Gasteiger charge is -2.10. The van der Waals surface area contributed by atoms with Gasteiger partial charge in [0.15, 0.2) is 0 Å². The molecule has 0 aliphatic carbocycles. The SMILES string of the molecule is CCSc1ccc(C(C)CCN)cc1. The van der Waals surface area contributed by atoms with Crippen molar-refractivity contribution in [2.75, 3.05) is 12.3 Å². The molecule has 0 amide bonds. The van der Waals surface area contributed by atoms with Crippen molar-refractivity contribution >= 4 is 11.8 Å². The van der Waals surface area contributed by atoms with E-state index in [9.17, 15) is 0 Å². The van der Waals surface area contributed by atoms with Crippen molar-refractivity contribution in [3.8, 4) is 0 Å². The fraction of sp³-hybridized carbons (Fsp3) is 0.500. The Hall–Kier alpha value is -0.470. The van der Waals surface area contributed by atoms with Gasteiger partial charge in [0.1, 0.15) is 0 Å². The third kappa shape index (κ3) is 3.35. The first kappa shape index (κ1) is 11.6. The van der Waals surface area contributed by atoms with Gasteiger partial charge in [-0.15, -0.1) is 11.8 Å². The Morgan fingerprint density at radius 3 is 2.43 bits per heavy atom. The van der Waals surface area contributed by atoms with Gasteiger partial charge >= 0.3 is 0 Å². The lowest BCUT2D eigenvalue weighted by molar-refractivity contribution is 0.689. The minimum absolute atomic E-state index is 0.584. The van der Waals surface area contributed by atoms with Crippen LogP contribution in [-0.4, -0.2) is 12.3 Å². The molecule has 0 saturated carbocycles. The summed E-state index contributed by atoms with van der Waals surface area (Å²) in [5, 5.41) is 0. The van der Waals surface area contributed by atoms with Gasteiger partial charge < -0.3 is 5.73 Å². The van der Waals surface area contributed by atoms with Gasteiger partial charge in [0.05, 0.1) is 0 Å². The first-order valence-electron chi connectivity index (χ1n) is 5.20. The van der Waals surface area contributed by atoms with E-state index in [1.165, 1.54) is 10.5 Å². The summed E-state index contributed by atoms with van der Waals surface area (Å²) in [5.41, 5.74) is 6.94. The van der Waals surface area contributed by atoms with Crippen molar-refractivity contribution in [1.29, 1.82) is 0 Å². The largest absolute Gasteiger partial charge is 0.330 e. The van der Waals surface area contributed by atoms with Crippen molar-refractivity contribution in [2.45, 2.75) is 31.1 Å². The average molecular weight is 209 g/mol. The second kappa shape index (κ2) is 6.10. The maximum absolute atomic E-state index is 5.54. The van der Waals surface area contributed by atoms with Crippen molar-refractivity contribution < 1.29 is 0 Å². The molecule has 0 aromatic heterocycles. The number of benzene rings is 1. The van der Waals surface area contributed by atoms with E-state index in [4.69, 9.17) is 5.73 Å². The molecular weight excluding hydrogens is 190 g/mol. The molecule has 0 radical (unpaired) electrons. The van der Waals surface area contributed by atoms with E-state index in [1.807, 2.05) is 11.8 Å². The molecule has 1 aromatic carbocycles. The maximum Gasteiger partial charge on any atom is 0.00720 e. The molecule has 1 aromatic rings. The van der Waals surface area contributed by atoms with Crippen molar-refractivity contribution in [3.05, 3.63) is 29.8 Å². The van der Waals surface area contributed by atoms with Gasteiger partial charge in [-0.25, -0.2) is 0 Å². The van der Waals surface area contributed by atoms with Crippen molar-refractivity contribution in [2.24, 2.45) is 5.73 Å². The molecule has 2 N–H and O–H groups in total. The van der Waals surface area contributed by atoms with Crippen LogP contribution in [0.2, 0.25) is 0 Å². The van der Waals surface area contributed by atoms with Gasteiger partial charge in [0.25, 0.3) is 0 Å². The van der Waals surface area contributed by atoms with Gasteiger partial charge in [-0.2, -0.15) is 0 Å². The zero-order valence-corrected chi connectivity index (χ0v) is 9.81. The molecule has 1 rings (SSSR count). The van der Waals surface area contributed by atoms with Crippen LogP contribution in [0, 0.1) is 0 Å². The molecule has 0 spiro atoms. The maximum atomic E-state index is 5.54. The molecule has 0 aliphatic heterocycles. The number of rotatable bonds is 5. The summed E-state index contributed by atoms with van der Waals surface area (Å²) in [4.78, 5) is 1.36. The van der Waals surface area contributed by atoms with Crippen LogP contribution in [0.25, 0.3) is 0 Å². The van der Waals surface area contributed by atoms with E-state index in [2.05, 4.69) is 38.1 Å². The van der Waals surface area contributed by atoms with Gasteiger partial charge in [-0.05, 0) is 42.3 Å². The van der Waals surface area contributed by atoms with Gasteiger partial charge in [-0.1, -0.05) is 26.0 Å². The van der Waals surface area contributed by atoms with E-state index < -0.39 is 0 Å². The monoisotopic (exact) mass is 209 g/mol. The zero-order valence-electron chi connectivity index (χ0n) is 8.99. The standard InChI is InChI=1S/C12H19NS/c1-3-14-12-6-4-11(5-7-12)10(2)8-9-13/h4-7,10H,3,8-9,13H2,1-2H3. The van der Waals surface area contributed by atoms with Crippen LogP contribution in [0.4, 0.5) is 0 Å². The normalized spacial score (nSPS) is 12.8. The predicted octanol–water partition coefficient (Wildman–Crippen LogP) is 3.25. The van der Waals surface area contributed by atoms with Crippen LogP contribution in [0.3, 0.4) is 0 Å². The summed E-state index contributed by atoms with van der Waals surface area (Å²) in [6.07, 6.45) is 1.07. The summed E-state index contributed by atoms with van der Waals surface area (Å²) in [5.74, 6) is 1.72. The molecule has 0 aliphatic rings. The molecule has 1 atom stereocenters. The summed E-state index contributed by atoms with van der Waals surface area (Å²) < 4.78 is 0. The summed E-state index contributed by atoms with van der Waals surface area (Å²) in [6, 6.07) is 8.85. The fourth-order valence-corrected chi connectivity index (χ4v) is 2.14. The molecular formula is C12H19NS. The third-order valence-electron chi connectivity index (χ3n) is 2.36. The molecule has 1 unspecified atom stereocenters. The Balaban J connectivity index is 2.62. The number of hydrogen-bond donors (Lipinski definition) is 1. The number of hydrogen-bond acceptors (Lipinski definition) is 2. The lowest BCUT2D eigenvalue weighted by Crippen LogP contribution is -2.04. The minimum Gasteiger partial charge on any atom is -0.330 e. The van der Waals surface area contributed by atoms with Crippen LogP contribution < -0.4 is 5.73 Å². The molecule has 0 bridgehead atoms. The van der Waals surface area contributed by atoms with Gasteiger partial charge in [0.2, 0.25) is 0 Å². The van der Waals surface area contributed by atoms with Crippen molar-refractivity contribution in [1.82, 2.24) is 0 Å². The van der Waals surface area contributed by atoms with Crippen LogP contribution >= 0.6 is 11.8 Å². The second-order valence-corrected chi connectivity index (χ2v) is 4.82. The third-order valence-corrected chi connectivity index (χ3v) is 3.25. The summed E-state index contributed by atoms with van der Waals surface area (Å²) >= 11 is 1.88. The highest BCUT2D eigenvalue weighted by Gasteiger charge is 2.03. The Bertz CT molecular complexity index is 256. The van der Waals surface area contributed by atoms with E-state index in [0.717, 1.165) is 18.7 Å². The van der Waals surface area contributed by atoms with Gasteiger partial charge in [-0.3, -0.25) is 0 Å². The molecule has 0 heterocycles. The second-order valence-electron chi connectivity index (χ2n) is 3.48. The van der Waals surface area contributed by atoms with E-state index in [1.54, 1.807) is 0 Å². The molecule has 78 valence electrons. The molecule has 0 fully saturated rings. The predicted molar refractivity (Wildman–Crippen MR) is 64.9 cm³/mol. The summed E-state index contributed by atoms with van der Waals surface area (Å²) in [7, 11) is 0. The highest BCUT2D eigenvalue weighted by atomic mass is 32.2. The van der Waals surface area contributed by atoms with Crippen LogP contribution in [0.5, 0.6) is 0 Å². The van der Waals surface area contributed by atoms with Crippen LogP contribution in [0.15, 0.2) is 29.2 Å². The Labute approximate surface area is 91.1 Å². The van der Waals surface area contributed by atoms with Crippen LogP contribution in [0.1, 0.15) is 31.7 Å². The first-order chi connectivity index (χ1) is 6.77. The average Bonchev–Trinajstić information content (AvgIpc) is 2.20. The number of thioether (sulfide) groups is 1. The van der Waals surface area contributed by atoms with E-state index >= 15 is 0 Å². The first-order valence-corrected chi connectivity index (χ1v) is 6.19. The topological polar surface area (TPSA) is 26.0 Å². The smallest absolute Gasteiger partial charge is 0.00720 e. The molecule has 2 heteroatoms. The Kier molecular flexibility index (Phi) is 5.05. The lowest BCUT2D eigenvalue weighted by atomic mass is 9.98. The molecule has 14 heavy (non-hydrogen) atoms. The Morgan fingerprint density at radius 1 is 1.29 bits per heavy atom. The fourth-order valence-electron chi connectivity index (χ4n) is 1.48. The summed E-state index contributed by atoms with van der Waals surface area (Å²) in [6.45, 7) is 5.18. The highest BCUT2D eigenvalue weighted by Crippen LogP contribution is 2.23. The highest BCUT2D eigenvalue weighted by molar-refractivity contribution is 7.99. The Morgan fingerprint density at radius 2 is 1.93 bits per heavy atom. The van der Waals surface area contributed by atoms with Gasteiger partial charge in [0, 0.05) is 4.90 Å². The van der Waals surface area contributed by atoms with Crippen LogP contribution in [-0.2, 0) is 0 Å². The van der Waals surface area contributed by atoms with E-state index in [-0.39, 0.29) is 0 Å². The zero-order chi connectivity index (χ0) is 10.4. The number of nitrogens with two attached hydrogens (primary N) is 1. The molecule has 0 saturated heterocycles. The quantitative estimate of drug-likeness (QED) is 0.753.